The molecule has 1 aromatic rings. The summed E-state index contributed by atoms with van der Waals surface area (Å²) in [5.74, 6) is 0. The molecule has 0 aliphatic carbocycles. The summed E-state index contributed by atoms with van der Waals surface area (Å²) in [7, 11) is -1.52. The van der Waals surface area contributed by atoms with E-state index < -0.39 is 13.3 Å². The normalized spacial score (nSPS) is 9.31. The molecular weight excluding hydrogens is 178 g/mol. The lowest BCUT2D eigenvalue weighted by molar-refractivity contribution is -0.0317. The lowest BCUT2D eigenvalue weighted by atomic mass is 9.80. The molecule has 68 valence electrons. The third-order valence-corrected chi connectivity index (χ3v) is 1.36. The van der Waals surface area contributed by atoms with Crippen molar-refractivity contribution in [2.75, 3.05) is 0 Å². The van der Waals surface area contributed by atoms with Crippen LogP contribution in [0.4, 0.5) is 9.32 Å². The standard InChI is InChI=1S/C7H6BFO4/c9-13-8(12-7(10)11)6-4-2-1-3-5-6/h1-5H,(H,10,11). The molecule has 13 heavy (non-hydrogen) atoms. The molecule has 0 radical (unpaired) electrons. The van der Waals surface area contributed by atoms with Crippen LogP contribution in [0.3, 0.4) is 0 Å². The van der Waals surface area contributed by atoms with Crippen molar-refractivity contribution < 1.29 is 23.9 Å². The van der Waals surface area contributed by atoms with E-state index in [1.54, 1.807) is 18.2 Å². The van der Waals surface area contributed by atoms with E-state index >= 15 is 0 Å². The van der Waals surface area contributed by atoms with Gasteiger partial charge in [0.25, 0.3) is 0 Å². The molecule has 0 unspecified atom stereocenters. The first-order valence-corrected chi connectivity index (χ1v) is 3.46. The first kappa shape index (κ1) is 9.53. The van der Waals surface area contributed by atoms with Crippen molar-refractivity contribution in [2.24, 2.45) is 0 Å². The minimum Gasteiger partial charge on any atom is -0.472 e. The maximum absolute atomic E-state index is 11.8. The molecule has 0 heterocycles. The predicted octanol–water partition coefficient (Wildman–Crippen LogP) is 0.977. The van der Waals surface area contributed by atoms with Crippen LogP contribution in [0.2, 0.25) is 0 Å². The van der Waals surface area contributed by atoms with Gasteiger partial charge in [-0.2, -0.15) is 0 Å². The Balaban J connectivity index is 2.73. The average molecular weight is 184 g/mol. The zero-order valence-electron chi connectivity index (χ0n) is 6.51. The van der Waals surface area contributed by atoms with Crippen LogP contribution in [0.5, 0.6) is 0 Å². The monoisotopic (exact) mass is 184 g/mol. The first-order valence-electron chi connectivity index (χ1n) is 3.46. The Morgan fingerprint density at radius 1 is 1.38 bits per heavy atom. The second kappa shape index (κ2) is 4.47. The summed E-state index contributed by atoms with van der Waals surface area (Å²) in [6.45, 7) is 0. The van der Waals surface area contributed by atoms with Gasteiger partial charge in [-0.3, -0.25) is 0 Å². The van der Waals surface area contributed by atoms with Gasteiger partial charge in [-0.1, -0.05) is 34.9 Å². The van der Waals surface area contributed by atoms with Crippen LogP contribution >= 0.6 is 0 Å². The highest BCUT2D eigenvalue weighted by atomic mass is 19.3. The number of carbonyl (C=O) groups is 1. The highest BCUT2D eigenvalue weighted by Gasteiger charge is 2.26. The number of hydrogen-bond acceptors (Lipinski definition) is 3. The van der Waals surface area contributed by atoms with E-state index in [1.165, 1.54) is 12.1 Å². The van der Waals surface area contributed by atoms with Gasteiger partial charge in [0.1, 0.15) is 0 Å². The van der Waals surface area contributed by atoms with Crippen molar-refractivity contribution in [2.45, 2.75) is 0 Å². The van der Waals surface area contributed by atoms with Crippen LogP contribution in [0.25, 0.3) is 0 Å². The third kappa shape index (κ3) is 2.75. The van der Waals surface area contributed by atoms with Gasteiger partial charge >= 0.3 is 13.3 Å². The molecule has 0 saturated carbocycles. The molecule has 0 aliphatic rings. The molecule has 4 nitrogen and oxygen atoms in total. The molecular formula is C7H6BFO4. The zero-order valence-corrected chi connectivity index (χ0v) is 6.51. The summed E-state index contributed by atoms with van der Waals surface area (Å²) in [4.78, 5) is 13.4. The van der Waals surface area contributed by atoms with Gasteiger partial charge in [0.05, 0.1) is 0 Å². The van der Waals surface area contributed by atoms with Crippen molar-refractivity contribution >= 4 is 18.7 Å². The van der Waals surface area contributed by atoms with Gasteiger partial charge in [-0.15, -0.1) is 0 Å². The Morgan fingerprint density at radius 3 is 2.46 bits per heavy atom. The third-order valence-electron chi connectivity index (χ3n) is 1.36. The van der Waals surface area contributed by atoms with Gasteiger partial charge < -0.3 is 9.76 Å². The van der Waals surface area contributed by atoms with Crippen LogP contribution in [-0.2, 0) is 9.51 Å². The Hall–Kier alpha value is -1.56. The fourth-order valence-electron chi connectivity index (χ4n) is 0.839. The van der Waals surface area contributed by atoms with E-state index in [-0.39, 0.29) is 0 Å². The smallest absolute Gasteiger partial charge is 0.472 e. The highest BCUT2D eigenvalue weighted by molar-refractivity contribution is 6.62. The summed E-state index contributed by atoms with van der Waals surface area (Å²) in [6, 6.07) is 7.93. The fraction of sp³-hybridized carbons (Fsp3) is 0. The summed E-state index contributed by atoms with van der Waals surface area (Å²) in [5, 5.41) is 8.21. The molecule has 0 fully saturated rings. The molecule has 1 rings (SSSR count). The number of hydrogen-bond donors (Lipinski definition) is 1. The molecule has 6 heteroatoms. The number of rotatable bonds is 3. The first-order chi connectivity index (χ1) is 6.24. The van der Waals surface area contributed by atoms with E-state index in [0.29, 0.717) is 5.46 Å². The van der Waals surface area contributed by atoms with Gasteiger partial charge in [0, 0.05) is 0 Å². The Morgan fingerprint density at radius 2 is 2.00 bits per heavy atom. The van der Waals surface area contributed by atoms with Crippen molar-refractivity contribution in [3.05, 3.63) is 30.3 Å². The van der Waals surface area contributed by atoms with Crippen molar-refractivity contribution in [3.63, 3.8) is 0 Å². The topological polar surface area (TPSA) is 55.8 Å². The molecule has 0 aromatic heterocycles. The number of carboxylic acid groups (broad SMARTS) is 1. The molecule has 0 saturated heterocycles. The van der Waals surface area contributed by atoms with Crippen LogP contribution in [0, 0.1) is 0 Å². The minimum atomic E-state index is -1.59. The molecule has 0 atom stereocenters. The maximum Gasteiger partial charge on any atom is 0.602 e. The molecule has 1 N–H and O–H groups in total. The van der Waals surface area contributed by atoms with E-state index in [9.17, 15) is 9.32 Å². The Kier molecular flexibility index (Phi) is 3.27. The summed E-state index contributed by atoms with van der Waals surface area (Å²) in [6.07, 6.45) is -1.59. The van der Waals surface area contributed by atoms with E-state index in [1.807, 2.05) is 0 Å². The van der Waals surface area contributed by atoms with Gasteiger partial charge in [0.2, 0.25) is 0 Å². The van der Waals surface area contributed by atoms with Crippen LogP contribution < -0.4 is 5.46 Å². The van der Waals surface area contributed by atoms with Gasteiger partial charge in [-0.25, -0.2) is 9.65 Å². The maximum atomic E-state index is 11.8. The second-order valence-corrected chi connectivity index (χ2v) is 2.22. The molecule has 0 spiro atoms. The Bertz CT molecular complexity index is 279. The fourth-order valence-corrected chi connectivity index (χ4v) is 0.839. The predicted molar refractivity (Wildman–Crippen MR) is 43.1 cm³/mol. The van der Waals surface area contributed by atoms with Crippen molar-refractivity contribution in [1.82, 2.24) is 0 Å². The van der Waals surface area contributed by atoms with Crippen molar-refractivity contribution in [3.8, 4) is 0 Å². The Labute approximate surface area is 73.9 Å². The van der Waals surface area contributed by atoms with Gasteiger partial charge in [-0.05, 0) is 5.46 Å². The summed E-state index contributed by atoms with van der Waals surface area (Å²) < 4.78 is 15.9. The highest BCUT2D eigenvalue weighted by Crippen LogP contribution is 1.94. The van der Waals surface area contributed by atoms with Crippen molar-refractivity contribution in [1.29, 1.82) is 0 Å². The van der Waals surface area contributed by atoms with E-state index in [2.05, 4.69) is 9.51 Å². The minimum absolute atomic E-state index is 0.299. The van der Waals surface area contributed by atoms with Crippen LogP contribution in [-0.4, -0.2) is 18.4 Å². The average Bonchev–Trinajstić information content (AvgIpc) is 2.15. The van der Waals surface area contributed by atoms with E-state index in [0.717, 1.165) is 0 Å². The van der Waals surface area contributed by atoms with Crippen LogP contribution in [0.15, 0.2) is 30.3 Å². The second-order valence-electron chi connectivity index (χ2n) is 2.22. The SMILES string of the molecule is O=C(O)OB(OF)c1ccccc1. The molecule has 0 aliphatic heterocycles. The quantitative estimate of drug-likeness (QED) is 0.711. The van der Waals surface area contributed by atoms with Gasteiger partial charge in [0.15, 0.2) is 0 Å². The number of benzene rings is 1. The lowest BCUT2D eigenvalue weighted by Crippen LogP contribution is -2.36. The lowest BCUT2D eigenvalue weighted by Gasteiger charge is -2.05. The van der Waals surface area contributed by atoms with Crippen LogP contribution in [0.1, 0.15) is 0 Å². The molecule has 0 bridgehead atoms. The summed E-state index contributed by atoms with van der Waals surface area (Å²) >= 11 is 0. The largest absolute Gasteiger partial charge is 0.602 e. The zero-order chi connectivity index (χ0) is 9.68. The summed E-state index contributed by atoms with van der Waals surface area (Å²) in [5.41, 5.74) is 0.299. The molecule has 0 amide bonds. The van der Waals surface area contributed by atoms with E-state index in [4.69, 9.17) is 5.11 Å². The molecule has 1 aromatic carbocycles. The number of halogens is 1.